The van der Waals surface area contributed by atoms with Gasteiger partial charge in [0, 0.05) is 17.8 Å². The van der Waals surface area contributed by atoms with Crippen LogP contribution in [0.25, 0.3) is 11.4 Å². The Morgan fingerprint density at radius 1 is 1.17 bits per heavy atom. The first-order chi connectivity index (χ1) is 14.6. The van der Waals surface area contributed by atoms with E-state index < -0.39 is 0 Å². The highest BCUT2D eigenvalue weighted by Crippen LogP contribution is 2.33. The summed E-state index contributed by atoms with van der Waals surface area (Å²) in [6.07, 6.45) is 1.64. The zero-order chi connectivity index (χ0) is 21.1. The number of methoxy groups -OCH3 is 2. The fraction of sp³-hybridized carbons (Fsp3) is 0.318. The monoisotopic (exact) mass is 408 g/mol. The zero-order valence-corrected chi connectivity index (χ0v) is 17.2. The minimum absolute atomic E-state index is 0.188. The molecule has 30 heavy (non-hydrogen) atoms. The second kappa shape index (κ2) is 8.44. The molecular formula is C22H24N4O4. The molecule has 1 N–H and O–H groups in total. The maximum absolute atomic E-state index is 12.9. The minimum atomic E-state index is -0.254. The summed E-state index contributed by atoms with van der Waals surface area (Å²) < 4.78 is 16.0. The predicted molar refractivity (Wildman–Crippen MR) is 112 cm³/mol. The fourth-order valence-corrected chi connectivity index (χ4v) is 3.61. The topological polar surface area (TPSA) is 89.7 Å². The average Bonchev–Trinajstić information content (AvgIpc) is 3.44. The Hall–Kier alpha value is -3.55. The van der Waals surface area contributed by atoms with E-state index in [0.29, 0.717) is 18.3 Å². The molecule has 8 heteroatoms. The lowest BCUT2D eigenvalue weighted by Gasteiger charge is -2.23. The van der Waals surface area contributed by atoms with E-state index in [1.54, 1.807) is 19.1 Å². The molecule has 0 aliphatic carbocycles. The SMILES string of the molecule is COc1cccc(-c2noc([C@@H]3CCCN3C(=O)Nc3ccc(OC)cc3C)n2)c1. The van der Waals surface area contributed by atoms with Gasteiger partial charge >= 0.3 is 6.03 Å². The summed E-state index contributed by atoms with van der Waals surface area (Å²) in [4.78, 5) is 19.2. The van der Waals surface area contributed by atoms with Gasteiger partial charge in [0.15, 0.2) is 0 Å². The Bertz CT molecular complexity index is 1050. The van der Waals surface area contributed by atoms with E-state index in [0.717, 1.165) is 41.2 Å². The third-order valence-corrected chi connectivity index (χ3v) is 5.24. The summed E-state index contributed by atoms with van der Waals surface area (Å²) in [5.74, 6) is 2.38. The highest BCUT2D eigenvalue weighted by Gasteiger charge is 2.34. The summed E-state index contributed by atoms with van der Waals surface area (Å²) in [6.45, 7) is 2.56. The van der Waals surface area contributed by atoms with Crippen LogP contribution in [0.5, 0.6) is 11.5 Å². The third-order valence-electron chi connectivity index (χ3n) is 5.24. The Morgan fingerprint density at radius 2 is 1.97 bits per heavy atom. The molecule has 1 aromatic heterocycles. The molecule has 1 atom stereocenters. The number of hydrogen-bond acceptors (Lipinski definition) is 6. The number of carbonyl (C=O) groups is 1. The number of benzene rings is 2. The molecule has 4 rings (SSSR count). The van der Waals surface area contributed by atoms with Gasteiger partial charge in [0.25, 0.3) is 0 Å². The summed E-state index contributed by atoms with van der Waals surface area (Å²) in [7, 11) is 3.23. The van der Waals surface area contributed by atoms with Crippen molar-refractivity contribution >= 4 is 11.7 Å². The van der Waals surface area contributed by atoms with Gasteiger partial charge in [-0.25, -0.2) is 4.79 Å². The van der Waals surface area contributed by atoms with Crippen molar-refractivity contribution in [2.45, 2.75) is 25.8 Å². The molecule has 0 unspecified atom stereocenters. The smallest absolute Gasteiger partial charge is 0.322 e. The van der Waals surface area contributed by atoms with Gasteiger partial charge in [0.05, 0.1) is 14.2 Å². The number of urea groups is 1. The second-order valence-corrected chi connectivity index (χ2v) is 7.15. The maximum atomic E-state index is 12.9. The minimum Gasteiger partial charge on any atom is -0.497 e. The van der Waals surface area contributed by atoms with E-state index in [1.165, 1.54) is 0 Å². The third kappa shape index (κ3) is 3.94. The van der Waals surface area contributed by atoms with Crippen LogP contribution >= 0.6 is 0 Å². The van der Waals surface area contributed by atoms with Crippen molar-refractivity contribution in [2.24, 2.45) is 0 Å². The van der Waals surface area contributed by atoms with Crippen LogP contribution in [0.3, 0.4) is 0 Å². The van der Waals surface area contributed by atoms with Crippen molar-refractivity contribution in [3.05, 3.63) is 53.9 Å². The number of nitrogens with zero attached hydrogens (tertiary/aromatic N) is 3. The van der Waals surface area contributed by atoms with Crippen LogP contribution in [-0.4, -0.2) is 41.8 Å². The molecule has 3 aromatic rings. The Morgan fingerprint density at radius 3 is 2.73 bits per heavy atom. The number of amides is 2. The first-order valence-electron chi connectivity index (χ1n) is 9.79. The highest BCUT2D eigenvalue weighted by atomic mass is 16.5. The molecule has 8 nitrogen and oxygen atoms in total. The Kier molecular flexibility index (Phi) is 5.56. The number of rotatable bonds is 5. The van der Waals surface area contributed by atoms with Crippen LogP contribution in [0.1, 0.15) is 30.3 Å². The lowest BCUT2D eigenvalue weighted by atomic mass is 10.2. The van der Waals surface area contributed by atoms with Crippen molar-refractivity contribution in [1.29, 1.82) is 0 Å². The lowest BCUT2D eigenvalue weighted by Crippen LogP contribution is -2.34. The first-order valence-corrected chi connectivity index (χ1v) is 9.79. The van der Waals surface area contributed by atoms with Gasteiger partial charge in [-0.05, 0) is 55.7 Å². The first kappa shape index (κ1) is 19.8. The molecule has 0 spiro atoms. The van der Waals surface area contributed by atoms with E-state index in [1.807, 2.05) is 49.4 Å². The van der Waals surface area contributed by atoms with Gasteiger partial charge in [-0.3, -0.25) is 0 Å². The van der Waals surface area contributed by atoms with Crippen LogP contribution in [-0.2, 0) is 0 Å². The standard InChI is InChI=1S/C22H24N4O4/c1-14-12-17(29-3)9-10-18(14)23-22(27)26-11-5-8-19(26)21-24-20(25-30-21)15-6-4-7-16(13-15)28-2/h4,6-7,9-10,12-13,19H,5,8,11H2,1-3H3,(H,23,27)/t19-/m0/s1. The number of hydrogen-bond donors (Lipinski definition) is 1. The lowest BCUT2D eigenvalue weighted by molar-refractivity contribution is 0.193. The number of carbonyl (C=O) groups excluding carboxylic acids is 1. The van der Waals surface area contributed by atoms with Crippen LogP contribution in [0, 0.1) is 6.92 Å². The summed E-state index contributed by atoms with van der Waals surface area (Å²) in [5, 5.41) is 7.09. The predicted octanol–water partition coefficient (Wildman–Crippen LogP) is 4.43. The number of likely N-dealkylation sites (tertiary alicyclic amines) is 1. The molecule has 0 saturated carbocycles. The number of nitrogens with one attached hydrogen (secondary N) is 1. The van der Waals surface area contributed by atoms with Crippen LogP contribution in [0.2, 0.25) is 0 Å². The van der Waals surface area contributed by atoms with Crippen LogP contribution in [0.15, 0.2) is 47.0 Å². The maximum Gasteiger partial charge on any atom is 0.322 e. The van der Waals surface area contributed by atoms with Crippen molar-refractivity contribution in [1.82, 2.24) is 15.0 Å². The van der Waals surface area contributed by atoms with E-state index in [-0.39, 0.29) is 12.1 Å². The van der Waals surface area contributed by atoms with E-state index in [2.05, 4.69) is 15.5 Å². The molecule has 2 heterocycles. The summed E-state index contributed by atoms with van der Waals surface area (Å²) in [5.41, 5.74) is 2.47. The molecule has 156 valence electrons. The van der Waals surface area contributed by atoms with E-state index >= 15 is 0 Å². The molecule has 1 saturated heterocycles. The van der Waals surface area contributed by atoms with Crippen molar-refractivity contribution in [2.75, 3.05) is 26.1 Å². The quantitative estimate of drug-likeness (QED) is 0.672. The molecule has 2 aromatic carbocycles. The molecule has 1 fully saturated rings. The normalized spacial score (nSPS) is 15.8. The molecule has 1 aliphatic rings. The number of aromatic nitrogens is 2. The number of ether oxygens (including phenoxy) is 2. The van der Waals surface area contributed by atoms with Gasteiger partial charge in [-0.15, -0.1) is 0 Å². The number of aryl methyl sites for hydroxylation is 1. The molecule has 0 radical (unpaired) electrons. The average molecular weight is 408 g/mol. The van der Waals surface area contributed by atoms with Gasteiger partial charge in [0.2, 0.25) is 11.7 Å². The Labute approximate surface area is 174 Å². The van der Waals surface area contributed by atoms with Crippen LogP contribution in [0.4, 0.5) is 10.5 Å². The number of anilines is 1. The largest absolute Gasteiger partial charge is 0.497 e. The fourth-order valence-electron chi connectivity index (χ4n) is 3.61. The van der Waals surface area contributed by atoms with Gasteiger partial charge in [0.1, 0.15) is 17.5 Å². The zero-order valence-electron chi connectivity index (χ0n) is 17.2. The van der Waals surface area contributed by atoms with Crippen molar-refractivity contribution in [3.63, 3.8) is 0 Å². The van der Waals surface area contributed by atoms with Crippen molar-refractivity contribution in [3.8, 4) is 22.9 Å². The highest BCUT2D eigenvalue weighted by molar-refractivity contribution is 5.90. The molecule has 2 amide bonds. The van der Waals surface area contributed by atoms with E-state index in [4.69, 9.17) is 14.0 Å². The van der Waals surface area contributed by atoms with Crippen molar-refractivity contribution < 1.29 is 18.8 Å². The summed E-state index contributed by atoms with van der Waals surface area (Å²) in [6, 6.07) is 12.6. The van der Waals surface area contributed by atoms with Gasteiger partial charge < -0.3 is 24.2 Å². The molecule has 0 bridgehead atoms. The van der Waals surface area contributed by atoms with Gasteiger partial charge in [-0.2, -0.15) is 4.98 Å². The Balaban J connectivity index is 1.51. The van der Waals surface area contributed by atoms with Crippen LogP contribution < -0.4 is 14.8 Å². The molecule has 1 aliphatic heterocycles. The second-order valence-electron chi connectivity index (χ2n) is 7.15. The summed E-state index contributed by atoms with van der Waals surface area (Å²) >= 11 is 0. The van der Waals surface area contributed by atoms with E-state index in [9.17, 15) is 4.79 Å². The van der Waals surface area contributed by atoms with Gasteiger partial charge in [-0.1, -0.05) is 17.3 Å². The molecular weight excluding hydrogens is 384 g/mol.